The Labute approximate surface area is 104 Å². The molecule has 1 aliphatic carbocycles. The molecule has 1 saturated carbocycles. The summed E-state index contributed by atoms with van der Waals surface area (Å²) in [6.07, 6.45) is 7.41. The van der Waals surface area contributed by atoms with Crippen LogP contribution in [0.2, 0.25) is 0 Å². The molecule has 0 radical (unpaired) electrons. The minimum Gasteiger partial charge on any atom is -0.369 e. The summed E-state index contributed by atoms with van der Waals surface area (Å²) in [6, 6.07) is 10.4. The van der Waals surface area contributed by atoms with Gasteiger partial charge in [0.15, 0.2) is 0 Å². The van der Waals surface area contributed by atoms with Crippen LogP contribution < -0.4 is 5.73 Å². The lowest BCUT2D eigenvalue weighted by molar-refractivity contribution is -0.0602. The van der Waals surface area contributed by atoms with E-state index in [1.54, 1.807) is 0 Å². The summed E-state index contributed by atoms with van der Waals surface area (Å²) < 4.78 is 6.16. The van der Waals surface area contributed by atoms with Crippen molar-refractivity contribution in [1.82, 2.24) is 0 Å². The zero-order valence-corrected chi connectivity index (χ0v) is 10.5. The van der Waals surface area contributed by atoms with Crippen molar-refractivity contribution in [2.24, 2.45) is 5.73 Å². The summed E-state index contributed by atoms with van der Waals surface area (Å²) in [6.45, 7) is 1.35. The van der Waals surface area contributed by atoms with Gasteiger partial charge in [-0.2, -0.15) is 0 Å². The van der Waals surface area contributed by atoms with Gasteiger partial charge in [0.05, 0.1) is 12.2 Å². The zero-order valence-electron chi connectivity index (χ0n) is 10.5. The van der Waals surface area contributed by atoms with Crippen LogP contribution in [0.5, 0.6) is 0 Å². The van der Waals surface area contributed by atoms with Crippen molar-refractivity contribution in [3.63, 3.8) is 0 Å². The van der Waals surface area contributed by atoms with E-state index in [9.17, 15) is 0 Å². The van der Waals surface area contributed by atoms with E-state index in [-0.39, 0.29) is 5.60 Å². The van der Waals surface area contributed by atoms with Crippen LogP contribution in [-0.2, 0) is 11.3 Å². The molecule has 17 heavy (non-hydrogen) atoms. The van der Waals surface area contributed by atoms with Crippen LogP contribution in [0.4, 0.5) is 0 Å². The molecular formula is C15H23NO. The molecule has 2 heteroatoms. The van der Waals surface area contributed by atoms with E-state index in [4.69, 9.17) is 10.5 Å². The first-order valence-corrected chi connectivity index (χ1v) is 6.73. The predicted octanol–water partition coefficient (Wildman–Crippen LogP) is 3.25. The SMILES string of the molecule is NCC1(OCc2ccccc2)CCCCCC1. The van der Waals surface area contributed by atoms with Crippen molar-refractivity contribution in [2.75, 3.05) is 6.54 Å². The first-order chi connectivity index (χ1) is 8.35. The van der Waals surface area contributed by atoms with Gasteiger partial charge in [0.2, 0.25) is 0 Å². The number of ether oxygens (including phenoxy) is 1. The summed E-state index contributed by atoms with van der Waals surface area (Å²) in [4.78, 5) is 0. The lowest BCUT2D eigenvalue weighted by atomic mass is 9.94. The molecule has 0 amide bonds. The molecule has 1 aromatic carbocycles. The molecule has 2 rings (SSSR count). The third kappa shape index (κ3) is 3.55. The molecule has 0 aromatic heterocycles. The van der Waals surface area contributed by atoms with Crippen LogP contribution in [0.25, 0.3) is 0 Å². The van der Waals surface area contributed by atoms with Crippen LogP contribution in [0.3, 0.4) is 0 Å². The van der Waals surface area contributed by atoms with Crippen LogP contribution >= 0.6 is 0 Å². The quantitative estimate of drug-likeness (QED) is 0.810. The maximum Gasteiger partial charge on any atom is 0.0808 e. The molecule has 0 spiro atoms. The maximum absolute atomic E-state index is 6.16. The highest BCUT2D eigenvalue weighted by Gasteiger charge is 2.30. The van der Waals surface area contributed by atoms with E-state index in [1.165, 1.54) is 31.2 Å². The van der Waals surface area contributed by atoms with Crippen molar-refractivity contribution < 1.29 is 4.74 Å². The largest absolute Gasteiger partial charge is 0.369 e. The smallest absolute Gasteiger partial charge is 0.0808 e. The highest BCUT2D eigenvalue weighted by Crippen LogP contribution is 2.30. The minimum atomic E-state index is -0.0632. The van der Waals surface area contributed by atoms with Gasteiger partial charge in [-0.3, -0.25) is 0 Å². The Morgan fingerprint density at radius 1 is 1.00 bits per heavy atom. The Bertz CT molecular complexity index is 315. The van der Waals surface area contributed by atoms with Gasteiger partial charge in [-0.25, -0.2) is 0 Å². The Morgan fingerprint density at radius 2 is 1.65 bits per heavy atom. The molecule has 0 unspecified atom stereocenters. The van der Waals surface area contributed by atoms with Crippen molar-refractivity contribution in [3.05, 3.63) is 35.9 Å². The monoisotopic (exact) mass is 233 g/mol. The van der Waals surface area contributed by atoms with E-state index < -0.39 is 0 Å². The van der Waals surface area contributed by atoms with Gasteiger partial charge >= 0.3 is 0 Å². The number of rotatable bonds is 4. The van der Waals surface area contributed by atoms with Crippen molar-refractivity contribution in [1.29, 1.82) is 0 Å². The number of hydrogen-bond acceptors (Lipinski definition) is 2. The van der Waals surface area contributed by atoms with Gasteiger partial charge in [-0.15, -0.1) is 0 Å². The number of nitrogens with two attached hydrogens (primary N) is 1. The fraction of sp³-hybridized carbons (Fsp3) is 0.600. The van der Waals surface area contributed by atoms with Crippen LogP contribution in [0.1, 0.15) is 44.1 Å². The molecule has 0 aliphatic heterocycles. The molecule has 1 aliphatic rings. The van der Waals surface area contributed by atoms with E-state index in [0.29, 0.717) is 13.2 Å². The number of hydrogen-bond donors (Lipinski definition) is 1. The van der Waals surface area contributed by atoms with E-state index >= 15 is 0 Å². The first kappa shape index (κ1) is 12.6. The summed E-state index contributed by atoms with van der Waals surface area (Å²) in [7, 11) is 0. The molecule has 1 aromatic rings. The van der Waals surface area contributed by atoms with E-state index in [0.717, 1.165) is 12.8 Å². The van der Waals surface area contributed by atoms with Gasteiger partial charge in [0.25, 0.3) is 0 Å². The van der Waals surface area contributed by atoms with E-state index in [2.05, 4.69) is 24.3 Å². The molecule has 1 fully saturated rings. The van der Waals surface area contributed by atoms with Gasteiger partial charge < -0.3 is 10.5 Å². The van der Waals surface area contributed by atoms with Gasteiger partial charge in [-0.05, 0) is 18.4 Å². The second-order valence-corrected chi connectivity index (χ2v) is 5.08. The molecule has 0 saturated heterocycles. The predicted molar refractivity (Wildman–Crippen MR) is 70.7 cm³/mol. The summed E-state index contributed by atoms with van der Waals surface area (Å²) in [5.74, 6) is 0. The summed E-state index contributed by atoms with van der Waals surface area (Å²) in [5.41, 5.74) is 7.12. The third-order valence-electron chi connectivity index (χ3n) is 3.77. The molecule has 0 bridgehead atoms. The normalized spacial score (nSPS) is 19.8. The fourth-order valence-corrected chi connectivity index (χ4v) is 2.59. The highest BCUT2D eigenvalue weighted by molar-refractivity contribution is 5.13. The maximum atomic E-state index is 6.16. The Hall–Kier alpha value is -0.860. The van der Waals surface area contributed by atoms with Crippen LogP contribution in [-0.4, -0.2) is 12.1 Å². The Kier molecular flexibility index (Phi) is 4.57. The van der Waals surface area contributed by atoms with Crippen molar-refractivity contribution in [2.45, 2.75) is 50.7 Å². The molecular weight excluding hydrogens is 210 g/mol. The molecule has 0 heterocycles. The third-order valence-corrected chi connectivity index (χ3v) is 3.77. The van der Waals surface area contributed by atoms with Gasteiger partial charge in [0, 0.05) is 6.54 Å². The second kappa shape index (κ2) is 6.18. The topological polar surface area (TPSA) is 35.2 Å². The fourth-order valence-electron chi connectivity index (χ4n) is 2.59. The standard InChI is InChI=1S/C15H23NO/c16-13-15(10-6-1-2-7-11-15)17-12-14-8-4-3-5-9-14/h3-5,8-9H,1-2,6-7,10-13,16H2. The molecule has 94 valence electrons. The average molecular weight is 233 g/mol. The lowest BCUT2D eigenvalue weighted by Gasteiger charge is -2.31. The number of benzene rings is 1. The van der Waals surface area contributed by atoms with Crippen molar-refractivity contribution in [3.8, 4) is 0 Å². The zero-order chi connectivity index (χ0) is 12.0. The summed E-state index contributed by atoms with van der Waals surface area (Å²) in [5, 5.41) is 0. The van der Waals surface area contributed by atoms with Crippen molar-refractivity contribution >= 4 is 0 Å². The molecule has 2 N–H and O–H groups in total. The van der Waals surface area contributed by atoms with Gasteiger partial charge in [-0.1, -0.05) is 56.0 Å². The molecule has 0 atom stereocenters. The van der Waals surface area contributed by atoms with Crippen LogP contribution in [0, 0.1) is 0 Å². The summed E-state index contributed by atoms with van der Waals surface area (Å²) >= 11 is 0. The highest BCUT2D eigenvalue weighted by atomic mass is 16.5. The Balaban J connectivity index is 1.94. The van der Waals surface area contributed by atoms with Gasteiger partial charge in [0.1, 0.15) is 0 Å². The van der Waals surface area contributed by atoms with E-state index in [1.807, 2.05) is 6.07 Å². The first-order valence-electron chi connectivity index (χ1n) is 6.73. The second-order valence-electron chi connectivity index (χ2n) is 5.08. The lowest BCUT2D eigenvalue weighted by Crippen LogP contribution is -2.40. The van der Waals surface area contributed by atoms with Crippen LogP contribution in [0.15, 0.2) is 30.3 Å². The minimum absolute atomic E-state index is 0.0632. The average Bonchev–Trinajstić information content (AvgIpc) is 2.64. The molecule has 2 nitrogen and oxygen atoms in total. The Morgan fingerprint density at radius 3 is 2.24 bits per heavy atom.